The Bertz CT molecular complexity index is 370. The van der Waals surface area contributed by atoms with Gasteiger partial charge in [-0.25, -0.2) is 0 Å². The van der Waals surface area contributed by atoms with Crippen LogP contribution in [0.2, 0.25) is 5.02 Å². The summed E-state index contributed by atoms with van der Waals surface area (Å²) < 4.78 is 1.01. The fourth-order valence-corrected chi connectivity index (χ4v) is 3.08. The van der Waals surface area contributed by atoms with Gasteiger partial charge in [-0.2, -0.15) is 0 Å². The summed E-state index contributed by atoms with van der Waals surface area (Å²) in [6.45, 7) is 6.10. The minimum absolute atomic E-state index is 0.198. The van der Waals surface area contributed by atoms with Crippen molar-refractivity contribution < 1.29 is 0 Å². The predicted octanol–water partition coefficient (Wildman–Crippen LogP) is 5.24. The maximum atomic E-state index is 6.19. The Kier molecular flexibility index (Phi) is 7.01. The second kappa shape index (κ2) is 7.74. The topological polar surface area (TPSA) is 12.0 Å². The molecule has 18 heavy (non-hydrogen) atoms. The van der Waals surface area contributed by atoms with Crippen LogP contribution in [0.15, 0.2) is 22.7 Å². The van der Waals surface area contributed by atoms with Crippen molar-refractivity contribution in [1.29, 1.82) is 0 Å². The van der Waals surface area contributed by atoms with Crippen molar-refractivity contribution in [2.75, 3.05) is 12.4 Å². The van der Waals surface area contributed by atoms with Crippen molar-refractivity contribution in [2.24, 2.45) is 5.41 Å². The zero-order chi connectivity index (χ0) is 13.6. The third-order valence-corrected chi connectivity index (χ3v) is 5.03. The fourth-order valence-electron chi connectivity index (χ4n) is 1.86. The zero-order valence-corrected chi connectivity index (χ0v) is 14.0. The van der Waals surface area contributed by atoms with E-state index in [1.165, 1.54) is 0 Å². The summed E-state index contributed by atoms with van der Waals surface area (Å²) in [5.41, 5.74) is 1.32. The second-order valence-electron chi connectivity index (χ2n) is 4.68. The van der Waals surface area contributed by atoms with Crippen molar-refractivity contribution in [3.63, 3.8) is 0 Å². The van der Waals surface area contributed by atoms with E-state index in [0.717, 1.165) is 41.0 Å². The normalized spacial score (nSPS) is 11.8. The van der Waals surface area contributed by atoms with Crippen molar-refractivity contribution in [3.8, 4) is 0 Å². The van der Waals surface area contributed by atoms with Crippen LogP contribution < -0.4 is 5.32 Å². The molecule has 0 radical (unpaired) electrons. The first-order valence-electron chi connectivity index (χ1n) is 6.27. The minimum atomic E-state index is 0.198. The molecule has 0 saturated carbocycles. The Labute approximate surface area is 128 Å². The lowest BCUT2D eigenvalue weighted by Gasteiger charge is -2.29. The van der Waals surface area contributed by atoms with Gasteiger partial charge in [0.15, 0.2) is 0 Å². The summed E-state index contributed by atoms with van der Waals surface area (Å²) in [7, 11) is 0. The summed E-state index contributed by atoms with van der Waals surface area (Å²) >= 11 is 15.7. The van der Waals surface area contributed by atoms with Gasteiger partial charge in [-0.1, -0.05) is 47.4 Å². The molecular weight excluding hydrogens is 333 g/mol. The number of hydrogen-bond donors (Lipinski definition) is 1. The standard InChI is InChI=1S/C14H20BrCl2N/c1-3-14(4-2,9-16)10-18-8-11-5-6-12(15)7-13(11)17/h5-7,18H,3-4,8-10H2,1-2H3. The molecule has 0 heterocycles. The number of benzene rings is 1. The van der Waals surface area contributed by atoms with E-state index in [2.05, 4.69) is 35.1 Å². The first-order valence-corrected chi connectivity index (χ1v) is 7.98. The van der Waals surface area contributed by atoms with Crippen LogP contribution >= 0.6 is 39.1 Å². The lowest BCUT2D eigenvalue weighted by molar-refractivity contribution is 0.286. The van der Waals surface area contributed by atoms with E-state index in [9.17, 15) is 0 Å². The highest BCUT2D eigenvalue weighted by Crippen LogP contribution is 2.27. The van der Waals surface area contributed by atoms with E-state index >= 15 is 0 Å². The van der Waals surface area contributed by atoms with Gasteiger partial charge in [0.1, 0.15) is 0 Å². The molecule has 0 aliphatic carbocycles. The number of nitrogens with one attached hydrogen (secondary N) is 1. The molecular formula is C14H20BrCl2N. The van der Waals surface area contributed by atoms with Crippen LogP contribution in [0.25, 0.3) is 0 Å². The van der Waals surface area contributed by atoms with E-state index in [1.54, 1.807) is 0 Å². The van der Waals surface area contributed by atoms with Crippen LogP contribution in [0.4, 0.5) is 0 Å². The number of rotatable bonds is 7. The Morgan fingerprint density at radius 1 is 1.28 bits per heavy atom. The van der Waals surface area contributed by atoms with Crippen LogP contribution in [0.5, 0.6) is 0 Å². The molecule has 1 rings (SSSR count). The lowest BCUT2D eigenvalue weighted by atomic mass is 9.84. The average molecular weight is 353 g/mol. The van der Waals surface area contributed by atoms with Gasteiger partial charge in [0.2, 0.25) is 0 Å². The van der Waals surface area contributed by atoms with Gasteiger partial charge in [0, 0.05) is 28.5 Å². The molecule has 0 atom stereocenters. The van der Waals surface area contributed by atoms with Crippen molar-refractivity contribution >= 4 is 39.1 Å². The van der Waals surface area contributed by atoms with Gasteiger partial charge in [-0.05, 0) is 36.0 Å². The highest BCUT2D eigenvalue weighted by Gasteiger charge is 2.24. The summed E-state index contributed by atoms with van der Waals surface area (Å²) in [6, 6.07) is 5.98. The fraction of sp³-hybridized carbons (Fsp3) is 0.571. The van der Waals surface area contributed by atoms with Crippen LogP contribution in [0.1, 0.15) is 32.3 Å². The SMILES string of the molecule is CCC(CC)(CCl)CNCc1ccc(Br)cc1Cl. The van der Waals surface area contributed by atoms with E-state index in [1.807, 2.05) is 18.2 Å². The molecule has 0 amide bonds. The summed E-state index contributed by atoms with van der Waals surface area (Å²) in [6.07, 6.45) is 2.18. The Morgan fingerprint density at radius 2 is 1.94 bits per heavy atom. The van der Waals surface area contributed by atoms with Gasteiger partial charge in [-0.15, -0.1) is 11.6 Å². The van der Waals surface area contributed by atoms with Crippen LogP contribution in [0, 0.1) is 5.41 Å². The van der Waals surface area contributed by atoms with Crippen LogP contribution in [0.3, 0.4) is 0 Å². The van der Waals surface area contributed by atoms with Crippen LogP contribution in [-0.4, -0.2) is 12.4 Å². The molecule has 102 valence electrons. The van der Waals surface area contributed by atoms with Gasteiger partial charge in [0.25, 0.3) is 0 Å². The second-order valence-corrected chi connectivity index (χ2v) is 6.27. The molecule has 0 unspecified atom stereocenters. The molecule has 0 aliphatic heterocycles. The third-order valence-electron chi connectivity index (χ3n) is 3.61. The Hall–Kier alpha value is 0.240. The monoisotopic (exact) mass is 351 g/mol. The van der Waals surface area contributed by atoms with E-state index < -0.39 is 0 Å². The van der Waals surface area contributed by atoms with Gasteiger partial charge in [-0.3, -0.25) is 0 Å². The zero-order valence-electron chi connectivity index (χ0n) is 10.9. The Balaban J connectivity index is 2.55. The highest BCUT2D eigenvalue weighted by atomic mass is 79.9. The van der Waals surface area contributed by atoms with Gasteiger partial charge < -0.3 is 5.32 Å². The molecule has 1 nitrogen and oxygen atoms in total. The quantitative estimate of drug-likeness (QED) is 0.662. The van der Waals surface area contributed by atoms with Gasteiger partial charge in [0.05, 0.1) is 0 Å². The number of hydrogen-bond acceptors (Lipinski definition) is 1. The van der Waals surface area contributed by atoms with Crippen molar-refractivity contribution in [2.45, 2.75) is 33.2 Å². The maximum Gasteiger partial charge on any atom is 0.0462 e. The van der Waals surface area contributed by atoms with Crippen LogP contribution in [-0.2, 0) is 6.54 Å². The molecule has 0 aliphatic rings. The molecule has 1 aromatic rings. The lowest BCUT2D eigenvalue weighted by Crippen LogP contribution is -2.34. The molecule has 0 saturated heterocycles. The number of halogens is 3. The van der Waals surface area contributed by atoms with Gasteiger partial charge >= 0.3 is 0 Å². The largest absolute Gasteiger partial charge is 0.312 e. The predicted molar refractivity (Wildman–Crippen MR) is 84.6 cm³/mol. The van der Waals surface area contributed by atoms with Crippen molar-refractivity contribution in [1.82, 2.24) is 5.32 Å². The molecule has 1 aromatic carbocycles. The maximum absolute atomic E-state index is 6.19. The van der Waals surface area contributed by atoms with Crippen molar-refractivity contribution in [3.05, 3.63) is 33.3 Å². The van der Waals surface area contributed by atoms with E-state index in [-0.39, 0.29) is 5.41 Å². The molecule has 0 aromatic heterocycles. The first-order chi connectivity index (χ1) is 8.56. The summed E-state index contributed by atoms with van der Waals surface area (Å²) in [4.78, 5) is 0. The molecule has 4 heteroatoms. The van der Waals surface area contributed by atoms with E-state index in [4.69, 9.17) is 23.2 Å². The Morgan fingerprint density at radius 3 is 2.44 bits per heavy atom. The molecule has 1 N–H and O–H groups in total. The molecule has 0 spiro atoms. The molecule has 0 bridgehead atoms. The summed E-state index contributed by atoms with van der Waals surface area (Å²) in [5.74, 6) is 0.696. The third kappa shape index (κ3) is 4.41. The highest BCUT2D eigenvalue weighted by molar-refractivity contribution is 9.10. The molecule has 0 fully saturated rings. The van der Waals surface area contributed by atoms with E-state index in [0.29, 0.717) is 5.88 Å². The average Bonchev–Trinajstić information content (AvgIpc) is 2.38. The summed E-state index contributed by atoms with van der Waals surface area (Å²) in [5, 5.41) is 4.26. The smallest absolute Gasteiger partial charge is 0.0462 e. The number of alkyl halides is 1. The first kappa shape index (κ1) is 16.3. The minimum Gasteiger partial charge on any atom is -0.312 e.